The number of rotatable bonds is 4. The van der Waals surface area contributed by atoms with E-state index >= 15 is 0 Å². The highest BCUT2D eigenvalue weighted by molar-refractivity contribution is 6.33. The second-order valence-corrected chi connectivity index (χ2v) is 8.49. The minimum absolute atomic E-state index is 0.705. The predicted molar refractivity (Wildman–Crippen MR) is 124 cm³/mol. The Bertz CT molecular complexity index is 1220. The van der Waals surface area contributed by atoms with Gasteiger partial charge in [0.2, 0.25) is 0 Å². The van der Waals surface area contributed by atoms with Crippen LogP contribution in [0, 0.1) is 6.92 Å². The third-order valence-electron chi connectivity index (χ3n) is 5.46. The highest BCUT2D eigenvalue weighted by Crippen LogP contribution is 2.29. The lowest BCUT2D eigenvalue weighted by Crippen LogP contribution is -2.46. The molecule has 4 aromatic rings. The lowest BCUT2D eigenvalue weighted by molar-refractivity contribution is 0.249. The molecule has 9 heteroatoms. The van der Waals surface area contributed by atoms with Gasteiger partial charge in [-0.25, -0.2) is 15.0 Å². The van der Waals surface area contributed by atoms with Gasteiger partial charge in [0.15, 0.2) is 11.6 Å². The Morgan fingerprint density at radius 3 is 2.61 bits per heavy atom. The van der Waals surface area contributed by atoms with E-state index in [1.165, 1.54) is 0 Å². The quantitative estimate of drug-likeness (QED) is 0.494. The van der Waals surface area contributed by atoms with Gasteiger partial charge in [-0.05, 0) is 36.8 Å². The largest absolute Gasteiger partial charge is 0.352 e. The highest BCUT2D eigenvalue weighted by Gasteiger charge is 2.24. The van der Waals surface area contributed by atoms with Gasteiger partial charge < -0.3 is 9.88 Å². The molecule has 158 valence electrons. The number of pyridine rings is 1. The monoisotopic (exact) mass is 453 g/mol. The fourth-order valence-electron chi connectivity index (χ4n) is 3.85. The van der Waals surface area contributed by atoms with Crippen LogP contribution < -0.4 is 4.90 Å². The molecule has 0 amide bonds. The number of imidazole rings is 1. The molecule has 0 bridgehead atoms. The maximum absolute atomic E-state index is 6.35. The first-order valence-corrected chi connectivity index (χ1v) is 10.9. The zero-order valence-electron chi connectivity index (χ0n) is 17.0. The molecule has 5 rings (SSSR count). The van der Waals surface area contributed by atoms with Gasteiger partial charge in [-0.1, -0.05) is 23.2 Å². The first-order valence-electron chi connectivity index (χ1n) is 10.1. The highest BCUT2D eigenvalue weighted by atomic mass is 35.5. The van der Waals surface area contributed by atoms with Gasteiger partial charge in [-0.15, -0.1) is 0 Å². The minimum Gasteiger partial charge on any atom is -0.352 e. The summed E-state index contributed by atoms with van der Waals surface area (Å²) in [6, 6.07) is 7.56. The number of nitrogens with zero attached hydrogens (tertiary/aromatic N) is 6. The van der Waals surface area contributed by atoms with Crippen molar-refractivity contribution in [3.63, 3.8) is 0 Å². The molecule has 4 heterocycles. The third kappa shape index (κ3) is 4.21. The van der Waals surface area contributed by atoms with Crippen LogP contribution in [0.25, 0.3) is 22.6 Å². The van der Waals surface area contributed by atoms with Gasteiger partial charge in [0.25, 0.3) is 0 Å². The van der Waals surface area contributed by atoms with Gasteiger partial charge in [-0.2, -0.15) is 0 Å². The smallest absolute Gasteiger partial charge is 0.159 e. The topological polar surface area (TPSA) is 73.8 Å². The van der Waals surface area contributed by atoms with E-state index in [0.717, 1.165) is 71.5 Å². The van der Waals surface area contributed by atoms with Crippen LogP contribution in [-0.2, 0) is 6.54 Å². The lowest BCUT2D eigenvalue weighted by atomic mass is 10.2. The normalized spacial score (nSPS) is 15.0. The Morgan fingerprint density at radius 1 is 1.00 bits per heavy atom. The summed E-state index contributed by atoms with van der Waals surface area (Å²) in [7, 11) is 0. The number of anilines is 1. The summed E-state index contributed by atoms with van der Waals surface area (Å²) in [5, 5.41) is 1.45. The van der Waals surface area contributed by atoms with Crippen molar-refractivity contribution >= 4 is 40.1 Å². The van der Waals surface area contributed by atoms with Gasteiger partial charge in [0.05, 0.1) is 11.7 Å². The molecule has 0 aliphatic carbocycles. The SMILES string of the molecule is Cc1cc2nc(-c3ncc[nH]3)c(N3CCN(Cc4cc(Cl)ccc4Cl)CC3)nc2cn1. The number of benzene rings is 1. The Kier molecular flexibility index (Phi) is 5.48. The van der Waals surface area contributed by atoms with E-state index in [1.807, 2.05) is 31.2 Å². The molecule has 3 aromatic heterocycles. The van der Waals surface area contributed by atoms with E-state index in [0.29, 0.717) is 10.8 Å². The number of piperazine rings is 1. The summed E-state index contributed by atoms with van der Waals surface area (Å²) in [4.78, 5) is 26.4. The van der Waals surface area contributed by atoms with E-state index in [2.05, 4.69) is 24.8 Å². The van der Waals surface area contributed by atoms with Gasteiger partial charge in [-0.3, -0.25) is 9.88 Å². The van der Waals surface area contributed by atoms with Crippen molar-refractivity contribution in [3.05, 3.63) is 64.2 Å². The number of hydrogen-bond acceptors (Lipinski definition) is 6. The van der Waals surface area contributed by atoms with Crippen LogP contribution >= 0.6 is 23.2 Å². The minimum atomic E-state index is 0.705. The number of fused-ring (bicyclic) bond motifs is 1. The van der Waals surface area contributed by atoms with E-state index in [9.17, 15) is 0 Å². The average Bonchev–Trinajstić information content (AvgIpc) is 3.31. The molecule has 1 saturated heterocycles. The molecule has 1 aliphatic rings. The van der Waals surface area contributed by atoms with Crippen molar-refractivity contribution in [1.29, 1.82) is 0 Å². The van der Waals surface area contributed by atoms with Crippen LogP contribution in [0.1, 0.15) is 11.3 Å². The van der Waals surface area contributed by atoms with Crippen LogP contribution in [0.2, 0.25) is 10.0 Å². The molecule has 0 radical (unpaired) electrons. The Balaban J connectivity index is 1.40. The second kappa shape index (κ2) is 8.42. The van der Waals surface area contributed by atoms with Crippen LogP contribution in [0.3, 0.4) is 0 Å². The zero-order chi connectivity index (χ0) is 21.4. The van der Waals surface area contributed by atoms with E-state index in [-0.39, 0.29) is 0 Å². The summed E-state index contributed by atoms with van der Waals surface area (Å²) in [6.45, 7) is 6.13. The maximum atomic E-state index is 6.35. The first kappa shape index (κ1) is 20.2. The Hall–Kier alpha value is -2.74. The second-order valence-electron chi connectivity index (χ2n) is 7.65. The van der Waals surface area contributed by atoms with Crippen LogP contribution in [-0.4, -0.2) is 56.0 Å². The summed E-state index contributed by atoms with van der Waals surface area (Å²) < 4.78 is 0. The number of nitrogens with one attached hydrogen (secondary N) is 1. The molecule has 1 N–H and O–H groups in total. The van der Waals surface area contributed by atoms with Gasteiger partial charge in [0, 0.05) is 60.9 Å². The number of H-pyrrole nitrogens is 1. The van der Waals surface area contributed by atoms with Crippen LogP contribution in [0.5, 0.6) is 0 Å². The van der Waals surface area contributed by atoms with E-state index in [1.54, 1.807) is 18.6 Å². The standard InChI is InChI=1S/C22H21Cl2N7/c1-14-10-18-19(12-27-14)29-22(20(28-18)21-25-4-5-26-21)31-8-6-30(7-9-31)13-15-11-16(23)2-3-17(15)24/h2-5,10-12H,6-9,13H2,1H3,(H,25,26). The van der Waals surface area contributed by atoms with Gasteiger partial charge >= 0.3 is 0 Å². The maximum Gasteiger partial charge on any atom is 0.159 e. The molecular weight excluding hydrogens is 433 g/mol. The van der Waals surface area contributed by atoms with Crippen molar-refractivity contribution in [1.82, 2.24) is 29.8 Å². The number of hydrogen-bond donors (Lipinski definition) is 1. The molecule has 1 aromatic carbocycles. The molecule has 7 nitrogen and oxygen atoms in total. The van der Waals surface area contributed by atoms with Crippen LogP contribution in [0.4, 0.5) is 5.82 Å². The number of aryl methyl sites for hydroxylation is 1. The summed E-state index contributed by atoms with van der Waals surface area (Å²) >= 11 is 12.5. The van der Waals surface area contributed by atoms with Crippen molar-refractivity contribution in [2.75, 3.05) is 31.1 Å². The summed E-state index contributed by atoms with van der Waals surface area (Å²) in [6.07, 6.45) is 5.31. The number of aromatic amines is 1. The van der Waals surface area contributed by atoms with Crippen LogP contribution in [0.15, 0.2) is 42.9 Å². The van der Waals surface area contributed by atoms with Crippen molar-refractivity contribution in [2.45, 2.75) is 13.5 Å². The molecule has 0 saturated carbocycles. The Labute approximate surface area is 190 Å². The summed E-state index contributed by atoms with van der Waals surface area (Å²) in [5.41, 5.74) is 4.31. The van der Waals surface area contributed by atoms with E-state index < -0.39 is 0 Å². The number of aromatic nitrogens is 5. The summed E-state index contributed by atoms with van der Waals surface area (Å²) in [5.74, 6) is 1.54. The average molecular weight is 454 g/mol. The molecule has 31 heavy (non-hydrogen) atoms. The van der Waals surface area contributed by atoms with Crippen molar-refractivity contribution in [2.24, 2.45) is 0 Å². The molecular formula is C22H21Cl2N7. The molecule has 1 fully saturated rings. The fourth-order valence-corrected chi connectivity index (χ4v) is 4.22. The van der Waals surface area contributed by atoms with Crippen molar-refractivity contribution in [3.8, 4) is 11.5 Å². The van der Waals surface area contributed by atoms with Gasteiger partial charge in [0.1, 0.15) is 11.2 Å². The molecule has 0 spiro atoms. The predicted octanol–water partition coefficient (Wildman–Crippen LogP) is 4.35. The molecule has 0 atom stereocenters. The van der Waals surface area contributed by atoms with Crippen molar-refractivity contribution < 1.29 is 0 Å². The number of halogens is 2. The lowest BCUT2D eigenvalue weighted by Gasteiger charge is -2.36. The first-order chi connectivity index (χ1) is 15.1. The third-order valence-corrected chi connectivity index (χ3v) is 6.07. The Morgan fingerprint density at radius 2 is 1.84 bits per heavy atom. The zero-order valence-corrected chi connectivity index (χ0v) is 18.5. The van der Waals surface area contributed by atoms with E-state index in [4.69, 9.17) is 33.2 Å². The molecule has 1 aliphatic heterocycles. The fraction of sp³-hybridized carbons (Fsp3) is 0.273. The molecule has 0 unspecified atom stereocenters.